The van der Waals surface area contributed by atoms with Crippen molar-refractivity contribution in [3.05, 3.63) is 71.0 Å². The van der Waals surface area contributed by atoms with E-state index in [9.17, 15) is 14.4 Å². The number of hydrogen-bond donors (Lipinski definition) is 3. The highest BCUT2D eigenvalue weighted by Crippen LogP contribution is 2.37. The third-order valence-electron chi connectivity index (χ3n) is 4.50. The maximum Gasteiger partial charge on any atom is 0.326 e. The van der Waals surface area contributed by atoms with Crippen LogP contribution in [-0.4, -0.2) is 44.1 Å². The average molecular weight is 501 g/mol. The molecule has 0 saturated carbocycles. The number of amides is 4. The van der Waals surface area contributed by atoms with E-state index in [1.54, 1.807) is 49.6 Å². The second kappa shape index (κ2) is 11.4. The minimum Gasteiger partial charge on any atom is -0.493 e. The van der Waals surface area contributed by atoms with Gasteiger partial charge in [0.2, 0.25) is 0 Å². The lowest BCUT2D eigenvalue weighted by atomic mass is 10.2. The molecule has 9 nitrogen and oxygen atoms in total. The molecule has 1 heterocycles. The van der Waals surface area contributed by atoms with E-state index in [0.717, 1.165) is 9.79 Å². The first-order valence-electron chi connectivity index (χ1n) is 9.85. The Kier molecular flexibility index (Phi) is 8.34. The zero-order valence-corrected chi connectivity index (χ0v) is 20.0. The van der Waals surface area contributed by atoms with Gasteiger partial charge < -0.3 is 20.1 Å². The van der Waals surface area contributed by atoms with E-state index >= 15 is 0 Å². The fourth-order valence-corrected chi connectivity index (χ4v) is 4.03. The number of methoxy groups -OCH3 is 2. The standard InChI is InChI=1S/C23H21ClN4O5S/c1-25-22(30)17-12-15(10-11-26-17)34-14-6-4-13(5-7-14)27-23(31)28-21(29)16-8-9-18(32-2)20(33-3)19(16)24/h4-12H,1-3H3,(H,25,30)(H2,27,28,29,31). The van der Waals surface area contributed by atoms with Crippen molar-refractivity contribution >= 4 is 46.9 Å². The van der Waals surface area contributed by atoms with Gasteiger partial charge in [-0.3, -0.25) is 19.9 Å². The molecular weight excluding hydrogens is 480 g/mol. The lowest BCUT2D eigenvalue weighted by Crippen LogP contribution is -2.34. The minimum atomic E-state index is -0.722. The van der Waals surface area contributed by atoms with Gasteiger partial charge in [0.15, 0.2) is 11.5 Å². The van der Waals surface area contributed by atoms with Crippen LogP contribution in [0.4, 0.5) is 10.5 Å². The Labute approximate surface area is 205 Å². The number of nitrogens with one attached hydrogen (secondary N) is 3. The summed E-state index contributed by atoms with van der Waals surface area (Å²) in [7, 11) is 4.39. The van der Waals surface area contributed by atoms with Gasteiger partial charge in [0, 0.05) is 28.7 Å². The van der Waals surface area contributed by atoms with Crippen LogP contribution in [0.3, 0.4) is 0 Å². The predicted molar refractivity (Wildman–Crippen MR) is 129 cm³/mol. The normalized spacial score (nSPS) is 10.2. The highest BCUT2D eigenvalue weighted by Gasteiger charge is 2.20. The number of pyridine rings is 1. The summed E-state index contributed by atoms with van der Waals surface area (Å²) >= 11 is 7.66. The van der Waals surface area contributed by atoms with Crippen LogP contribution in [-0.2, 0) is 0 Å². The zero-order chi connectivity index (χ0) is 24.7. The third kappa shape index (κ3) is 5.97. The molecule has 11 heteroatoms. The van der Waals surface area contributed by atoms with E-state index in [4.69, 9.17) is 21.1 Å². The van der Waals surface area contributed by atoms with Crippen molar-refractivity contribution in [1.82, 2.24) is 15.6 Å². The number of ether oxygens (including phenoxy) is 2. The smallest absolute Gasteiger partial charge is 0.326 e. The van der Waals surface area contributed by atoms with Gasteiger partial charge >= 0.3 is 6.03 Å². The summed E-state index contributed by atoms with van der Waals surface area (Å²) in [6, 6.07) is 12.7. The molecule has 0 unspecified atom stereocenters. The Bertz CT molecular complexity index is 1220. The predicted octanol–water partition coefficient (Wildman–Crippen LogP) is 4.22. The van der Waals surface area contributed by atoms with Crippen molar-refractivity contribution in [2.24, 2.45) is 0 Å². The SMILES string of the molecule is CNC(=O)c1cc(Sc2ccc(NC(=O)NC(=O)c3ccc(OC)c(OC)c3Cl)cc2)ccn1. The average Bonchev–Trinajstić information content (AvgIpc) is 2.84. The number of halogens is 1. The van der Waals surface area contributed by atoms with E-state index < -0.39 is 11.9 Å². The van der Waals surface area contributed by atoms with E-state index in [1.807, 2.05) is 0 Å². The highest BCUT2D eigenvalue weighted by molar-refractivity contribution is 7.99. The molecule has 1 aromatic heterocycles. The summed E-state index contributed by atoms with van der Waals surface area (Å²) in [5, 5.41) is 7.39. The number of carbonyl (C=O) groups excluding carboxylic acids is 3. The number of benzene rings is 2. The molecule has 0 saturated heterocycles. The van der Waals surface area contributed by atoms with Gasteiger partial charge in [-0.05, 0) is 48.5 Å². The second-order valence-electron chi connectivity index (χ2n) is 6.65. The largest absolute Gasteiger partial charge is 0.493 e. The molecule has 0 radical (unpaired) electrons. The van der Waals surface area contributed by atoms with Crippen LogP contribution in [0.5, 0.6) is 11.5 Å². The van der Waals surface area contributed by atoms with Crippen molar-refractivity contribution in [3.63, 3.8) is 0 Å². The van der Waals surface area contributed by atoms with Crippen molar-refractivity contribution in [1.29, 1.82) is 0 Å². The van der Waals surface area contributed by atoms with Crippen molar-refractivity contribution in [2.75, 3.05) is 26.6 Å². The zero-order valence-electron chi connectivity index (χ0n) is 18.5. The second-order valence-corrected chi connectivity index (χ2v) is 8.18. The van der Waals surface area contributed by atoms with Crippen molar-refractivity contribution in [3.8, 4) is 11.5 Å². The van der Waals surface area contributed by atoms with Gasteiger partial charge in [0.1, 0.15) is 5.69 Å². The number of nitrogens with zero attached hydrogens (tertiary/aromatic N) is 1. The lowest BCUT2D eigenvalue weighted by Gasteiger charge is -2.13. The molecule has 0 aliphatic rings. The number of hydrogen-bond acceptors (Lipinski definition) is 7. The molecular formula is C23H21ClN4O5S. The maximum absolute atomic E-state index is 12.5. The summed E-state index contributed by atoms with van der Waals surface area (Å²) in [6.07, 6.45) is 1.56. The van der Waals surface area contributed by atoms with Crippen LogP contribution in [0.15, 0.2) is 64.5 Å². The molecule has 34 heavy (non-hydrogen) atoms. The summed E-state index contributed by atoms with van der Waals surface area (Å²) in [5.41, 5.74) is 0.866. The Morgan fingerprint density at radius 3 is 2.32 bits per heavy atom. The first-order chi connectivity index (χ1) is 16.4. The minimum absolute atomic E-state index is 0.0317. The van der Waals surface area contributed by atoms with Crippen LogP contribution in [0, 0.1) is 0 Å². The Hall–Kier alpha value is -3.76. The van der Waals surface area contributed by atoms with Crippen LogP contribution >= 0.6 is 23.4 Å². The monoisotopic (exact) mass is 500 g/mol. The topological polar surface area (TPSA) is 119 Å². The molecule has 0 atom stereocenters. The fourth-order valence-electron chi connectivity index (χ4n) is 2.87. The van der Waals surface area contributed by atoms with Crippen LogP contribution in [0.25, 0.3) is 0 Å². The Balaban J connectivity index is 1.62. The molecule has 2 aromatic carbocycles. The summed E-state index contributed by atoms with van der Waals surface area (Å²) in [5.74, 6) is -0.401. The van der Waals surface area contributed by atoms with Gasteiger partial charge in [0.25, 0.3) is 11.8 Å². The molecule has 0 spiro atoms. The molecule has 0 bridgehead atoms. The van der Waals surface area contributed by atoms with Crippen LogP contribution in [0.2, 0.25) is 5.02 Å². The Morgan fingerprint density at radius 2 is 1.68 bits per heavy atom. The maximum atomic E-state index is 12.5. The van der Waals surface area contributed by atoms with Crippen molar-refractivity contribution in [2.45, 2.75) is 9.79 Å². The first kappa shape index (κ1) is 24.9. The summed E-state index contributed by atoms with van der Waals surface area (Å²) in [4.78, 5) is 42.3. The van der Waals surface area contributed by atoms with Gasteiger partial charge in [-0.2, -0.15) is 0 Å². The van der Waals surface area contributed by atoms with Gasteiger partial charge in [-0.25, -0.2) is 4.79 Å². The van der Waals surface area contributed by atoms with Crippen LogP contribution in [0.1, 0.15) is 20.8 Å². The van der Waals surface area contributed by atoms with E-state index in [-0.39, 0.29) is 22.2 Å². The quantitative estimate of drug-likeness (QED) is 0.444. The molecule has 3 rings (SSSR count). The molecule has 0 aliphatic carbocycles. The third-order valence-corrected chi connectivity index (χ3v) is 5.87. The number of urea groups is 1. The number of rotatable bonds is 7. The van der Waals surface area contributed by atoms with E-state index in [2.05, 4.69) is 20.9 Å². The number of carbonyl (C=O) groups is 3. The van der Waals surface area contributed by atoms with Gasteiger partial charge in [-0.15, -0.1) is 0 Å². The van der Waals surface area contributed by atoms with E-state index in [0.29, 0.717) is 17.1 Å². The first-order valence-corrected chi connectivity index (χ1v) is 11.0. The molecule has 176 valence electrons. The van der Waals surface area contributed by atoms with Crippen LogP contribution < -0.4 is 25.4 Å². The summed E-state index contributed by atoms with van der Waals surface area (Å²) in [6.45, 7) is 0. The number of anilines is 1. The van der Waals surface area contributed by atoms with Gasteiger partial charge in [-0.1, -0.05) is 23.4 Å². The number of aromatic nitrogens is 1. The molecule has 4 amide bonds. The fraction of sp³-hybridized carbons (Fsp3) is 0.130. The lowest BCUT2D eigenvalue weighted by molar-refractivity contribution is 0.0952. The molecule has 0 aliphatic heterocycles. The van der Waals surface area contributed by atoms with Crippen molar-refractivity contribution < 1.29 is 23.9 Å². The molecule has 3 aromatic rings. The highest BCUT2D eigenvalue weighted by atomic mass is 35.5. The number of imide groups is 1. The van der Waals surface area contributed by atoms with E-state index in [1.165, 1.54) is 38.1 Å². The van der Waals surface area contributed by atoms with Gasteiger partial charge in [0.05, 0.1) is 24.8 Å². The molecule has 3 N–H and O–H groups in total. The molecule has 0 fully saturated rings. The summed E-state index contributed by atoms with van der Waals surface area (Å²) < 4.78 is 10.3. The Morgan fingerprint density at radius 1 is 0.941 bits per heavy atom.